The van der Waals surface area contributed by atoms with Crippen molar-refractivity contribution in [3.63, 3.8) is 0 Å². The maximum Gasteiger partial charge on any atom is 0.235 e. The lowest BCUT2D eigenvalue weighted by molar-refractivity contribution is 0.238. The van der Waals surface area contributed by atoms with Crippen LogP contribution >= 0.6 is 0 Å². The van der Waals surface area contributed by atoms with E-state index in [0.29, 0.717) is 18.5 Å². The molecule has 1 saturated heterocycles. The van der Waals surface area contributed by atoms with Crippen LogP contribution in [0.5, 0.6) is 0 Å². The third-order valence-electron chi connectivity index (χ3n) is 3.82. The lowest BCUT2D eigenvalue weighted by atomic mass is 10.1. The summed E-state index contributed by atoms with van der Waals surface area (Å²) in [4.78, 5) is 2.33. The first-order chi connectivity index (χ1) is 9.87. The highest BCUT2D eigenvalue weighted by atomic mass is 32.2. The van der Waals surface area contributed by atoms with Gasteiger partial charge in [0.2, 0.25) is 10.0 Å². The van der Waals surface area contributed by atoms with Crippen LogP contribution in [0, 0.1) is 12.8 Å². The van der Waals surface area contributed by atoms with Gasteiger partial charge < -0.3 is 4.90 Å². The first-order valence-electron chi connectivity index (χ1n) is 7.46. The number of benzene rings is 1. The average Bonchev–Trinajstić information content (AvgIpc) is 2.41. The highest BCUT2D eigenvalue weighted by Crippen LogP contribution is 2.21. The van der Waals surface area contributed by atoms with Crippen molar-refractivity contribution in [1.82, 2.24) is 4.90 Å². The molecule has 1 fully saturated rings. The van der Waals surface area contributed by atoms with E-state index in [9.17, 15) is 8.42 Å². The van der Waals surface area contributed by atoms with Crippen LogP contribution < -0.4 is 4.72 Å². The Kier molecular flexibility index (Phi) is 5.27. The van der Waals surface area contributed by atoms with E-state index in [1.54, 1.807) is 0 Å². The molecule has 0 aliphatic carbocycles. The van der Waals surface area contributed by atoms with Gasteiger partial charge in [0.05, 0.1) is 5.25 Å². The molecule has 0 bridgehead atoms. The Labute approximate surface area is 128 Å². The third kappa shape index (κ3) is 4.71. The van der Waals surface area contributed by atoms with E-state index in [0.717, 1.165) is 25.2 Å². The van der Waals surface area contributed by atoms with Crippen molar-refractivity contribution in [2.45, 2.75) is 38.9 Å². The van der Waals surface area contributed by atoms with Crippen LogP contribution in [0.2, 0.25) is 0 Å². The van der Waals surface area contributed by atoms with Crippen LogP contribution in [0.1, 0.15) is 32.3 Å². The van der Waals surface area contributed by atoms with Crippen LogP contribution in [0.25, 0.3) is 0 Å². The van der Waals surface area contributed by atoms with Crippen molar-refractivity contribution in [2.24, 2.45) is 0 Å². The molecule has 2 rings (SSSR count). The summed E-state index contributed by atoms with van der Waals surface area (Å²) in [7, 11) is -3.28. The number of nitrogens with one attached hydrogen (secondary N) is 1. The second-order valence-electron chi connectivity index (χ2n) is 6.20. The SMILES string of the molecule is C[C](C)CN1CCC(S(=O)(=O)Nc2ccc(C)cc2)CC1. The maximum atomic E-state index is 12.4. The van der Waals surface area contributed by atoms with E-state index in [2.05, 4.69) is 23.5 Å². The van der Waals surface area contributed by atoms with E-state index in [4.69, 9.17) is 0 Å². The summed E-state index contributed by atoms with van der Waals surface area (Å²) >= 11 is 0. The quantitative estimate of drug-likeness (QED) is 0.910. The first-order valence-corrected chi connectivity index (χ1v) is 9.01. The number of hydrogen-bond acceptors (Lipinski definition) is 3. The molecule has 1 aromatic carbocycles. The Balaban J connectivity index is 1.93. The molecule has 4 nitrogen and oxygen atoms in total. The smallest absolute Gasteiger partial charge is 0.235 e. The fourth-order valence-electron chi connectivity index (χ4n) is 2.69. The zero-order chi connectivity index (χ0) is 15.5. The number of nitrogens with zero attached hydrogens (tertiary/aromatic N) is 1. The standard InChI is InChI=1S/C16H25N2O2S/c1-13(2)12-18-10-8-16(9-11-18)21(19,20)17-15-6-4-14(3)5-7-15/h4-7,16-17H,8-12H2,1-3H3. The molecule has 1 aliphatic rings. The van der Waals surface area contributed by atoms with Gasteiger partial charge in [0, 0.05) is 12.2 Å². The van der Waals surface area contributed by atoms with Gasteiger partial charge >= 0.3 is 0 Å². The van der Waals surface area contributed by atoms with Gasteiger partial charge in [0.1, 0.15) is 0 Å². The fourth-order valence-corrected chi connectivity index (χ4v) is 4.16. The van der Waals surface area contributed by atoms with Gasteiger partial charge in [-0.3, -0.25) is 4.72 Å². The summed E-state index contributed by atoms with van der Waals surface area (Å²) in [5.41, 5.74) is 1.78. The number of hydrogen-bond donors (Lipinski definition) is 1. The van der Waals surface area contributed by atoms with Gasteiger partial charge in [-0.1, -0.05) is 31.5 Å². The van der Waals surface area contributed by atoms with Crippen molar-refractivity contribution in [2.75, 3.05) is 24.4 Å². The minimum Gasteiger partial charge on any atom is -0.303 e. The predicted octanol–water partition coefficient (Wildman–Crippen LogP) is 2.82. The lowest BCUT2D eigenvalue weighted by Gasteiger charge is -2.32. The number of likely N-dealkylation sites (tertiary alicyclic amines) is 1. The Morgan fingerprint density at radius 1 is 1.19 bits per heavy atom. The maximum absolute atomic E-state index is 12.4. The van der Waals surface area contributed by atoms with Crippen LogP contribution in [-0.4, -0.2) is 38.2 Å². The first kappa shape index (κ1) is 16.3. The number of rotatable bonds is 5. The van der Waals surface area contributed by atoms with E-state index < -0.39 is 10.0 Å². The van der Waals surface area contributed by atoms with Crippen molar-refractivity contribution < 1.29 is 8.42 Å². The number of anilines is 1. The minimum absolute atomic E-state index is 0.285. The van der Waals surface area contributed by atoms with Crippen molar-refractivity contribution in [3.8, 4) is 0 Å². The summed E-state index contributed by atoms with van der Waals surface area (Å²) < 4.78 is 27.6. The fraction of sp³-hybridized carbons (Fsp3) is 0.562. The van der Waals surface area contributed by atoms with Crippen molar-refractivity contribution in [3.05, 3.63) is 35.7 Å². The van der Waals surface area contributed by atoms with E-state index >= 15 is 0 Å². The molecule has 5 heteroatoms. The Bertz CT molecular complexity index is 544. The molecular formula is C16H25N2O2S. The summed E-state index contributed by atoms with van der Waals surface area (Å²) in [6.07, 6.45) is 1.41. The van der Waals surface area contributed by atoms with Gasteiger partial charge in [-0.2, -0.15) is 0 Å². The molecule has 0 aromatic heterocycles. The summed E-state index contributed by atoms with van der Waals surface area (Å²) in [6.45, 7) is 8.89. The topological polar surface area (TPSA) is 49.4 Å². The Hall–Kier alpha value is -1.07. The second kappa shape index (κ2) is 6.79. The molecular weight excluding hydrogens is 284 g/mol. The number of piperidine rings is 1. The normalized spacial score (nSPS) is 18.1. The minimum atomic E-state index is -3.28. The van der Waals surface area contributed by atoms with Gasteiger partial charge in [0.25, 0.3) is 0 Å². The van der Waals surface area contributed by atoms with E-state index in [1.165, 1.54) is 5.92 Å². The van der Waals surface area contributed by atoms with Gasteiger partial charge in [-0.05, 0) is 50.9 Å². The molecule has 0 spiro atoms. The predicted molar refractivity (Wildman–Crippen MR) is 87.8 cm³/mol. The van der Waals surface area contributed by atoms with Crippen LogP contribution in [0.15, 0.2) is 24.3 Å². The molecule has 117 valence electrons. The van der Waals surface area contributed by atoms with Crippen molar-refractivity contribution in [1.29, 1.82) is 0 Å². The zero-order valence-corrected chi connectivity index (χ0v) is 13.9. The van der Waals surface area contributed by atoms with Gasteiger partial charge in [-0.25, -0.2) is 8.42 Å². The second-order valence-corrected chi connectivity index (χ2v) is 8.16. The van der Waals surface area contributed by atoms with E-state index in [1.807, 2.05) is 31.2 Å². The molecule has 21 heavy (non-hydrogen) atoms. The van der Waals surface area contributed by atoms with Gasteiger partial charge in [-0.15, -0.1) is 0 Å². The van der Waals surface area contributed by atoms with Crippen LogP contribution in [0.3, 0.4) is 0 Å². The molecule has 1 N–H and O–H groups in total. The largest absolute Gasteiger partial charge is 0.303 e. The van der Waals surface area contributed by atoms with Crippen LogP contribution in [0.4, 0.5) is 5.69 Å². The molecule has 0 unspecified atom stereocenters. The lowest BCUT2D eigenvalue weighted by Crippen LogP contribution is -2.42. The Morgan fingerprint density at radius 2 is 1.76 bits per heavy atom. The van der Waals surface area contributed by atoms with Crippen LogP contribution in [-0.2, 0) is 10.0 Å². The zero-order valence-electron chi connectivity index (χ0n) is 13.1. The Morgan fingerprint density at radius 3 is 2.29 bits per heavy atom. The third-order valence-corrected chi connectivity index (χ3v) is 5.69. The highest BCUT2D eigenvalue weighted by Gasteiger charge is 2.30. The van der Waals surface area contributed by atoms with Crippen molar-refractivity contribution >= 4 is 15.7 Å². The molecule has 1 heterocycles. The summed E-state index contributed by atoms with van der Waals surface area (Å²) in [5.74, 6) is 1.37. The number of aryl methyl sites for hydroxylation is 1. The monoisotopic (exact) mass is 309 g/mol. The van der Waals surface area contributed by atoms with Gasteiger partial charge in [0.15, 0.2) is 0 Å². The molecule has 0 amide bonds. The molecule has 1 aromatic rings. The summed E-state index contributed by atoms with van der Waals surface area (Å²) in [6, 6.07) is 7.47. The van der Waals surface area contributed by atoms with E-state index in [-0.39, 0.29) is 5.25 Å². The average molecular weight is 309 g/mol. The highest BCUT2D eigenvalue weighted by molar-refractivity contribution is 7.93. The molecule has 1 aliphatic heterocycles. The molecule has 1 radical (unpaired) electrons. The molecule has 0 saturated carbocycles. The number of sulfonamides is 1. The summed E-state index contributed by atoms with van der Waals surface area (Å²) in [5, 5.41) is -0.285. The molecule has 0 atom stereocenters.